The van der Waals surface area contributed by atoms with Crippen molar-refractivity contribution in [1.82, 2.24) is 5.01 Å². The number of nitrogens with zero attached hydrogens (tertiary/aromatic N) is 2. The molecule has 0 saturated carbocycles. The molecule has 3 rings (SSSR count). The standard InChI is InChI=1S/C18H20N2O2/c1-13-17(14-7-5-4-6-8-14)22-18(19-20(13)2)15-9-11-16(21-3)12-10-15/h4-13,17H,1-3H3. The van der Waals surface area contributed by atoms with Crippen LogP contribution >= 0.6 is 0 Å². The first-order chi connectivity index (χ1) is 10.7. The van der Waals surface area contributed by atoms with E-state index >= 15 is 0 Å². The van der Waals surface area contributed by atoms with Crippen molar-refractivity contribution >= 4 is 5.90 Å². The molecule has 0 spiro atoms. The van der Waals surface area contributed by atoms with Gasteiger partial charge in [0, 0.05) is 12.6 Å². The lowest BCUT2D eigenvalue weighted by molar-refractivity contribution is 0.0532. The summed E-state index contributed by atoms with van der Waals surface area (Å²) in [4.78, 5) is 0. The molecule has 4 heteroatoms. The lowest BCUT2D eigenvalue weighted by Gasteiger charge is -2.35. The van der Waals surface area contributed by atoms with E-state index < -0.39 is 0 Å². The van der Waals surface area contributed by atoms with Crippen molar-refractivity contribution in [1.29, 1.82) is 0 Å². The summed E-state index contributed by atoms with van der Waals surface area (Å²) in [7, 11) is 3.64. The molecule has 0 radical (unpaired) electrons. The zero-order chi connectivity index (χ0) is 15.5. The normalized spacial score (nSPS) is 21.0. The fourth-order valence-corrected chi connectivity index (χ4v) is 2.52. The van der Waals surface area contributed by atoms with Crippen LogP contribution in [0.5, 0.6) is 5.75 Å². The van der Waals surface area contributed by atoms with Gasteiger partial charge in [0.25, 0.3) is 0 Å². The van der Waals surface area contributed by atoms with Crippen molar-refractivity contribution in [3.05, 3.63) is 65.7 Å². The summed E-state index contributed by atoms with van der Waals surface area (Å²) < 4.78 is 11.4. The average Bonchev–Trinajstić information content (AvgIpc) is 2.58. The molecule has 0 amide bonds. The zero-order valence-electron chi connectivity index (χ0n) is 13.1. The second kappa shape index (κ2) is 6.10. The van der Waals surface area contributed by atoms with Crippen LogP contribution in [0.25, 0.3) is 0 Å². The van der Waals surface area contributed by atoms with Crippen molar-refractivity contribution in [3.8, 4) is 5.75 Å². The molecule has 1 aliphatic rings. The van der Waals surface area contributed by atoms with Gasteiger partial charge in [-0.2, -0.15) is 0 Å². The van der Waals surface area contributed by atoms with Crippen LogP contribution in [0.15, 0.2) is 59.7 Å². The maximum atomic E-state index is 6.18. The van der Waals surface area contributed by atoms with Crippen LogP contribution in [0, 0.1) is 0 Å². The summed E-state index contributed by atoms with van der Waals surface area (Å²) >= 11 is 0. The minimum atomic E-state index is -0.0409. The second-order valence-electron chi connectivity index (χ2n) is 5.40. The van der Waals surface area contributed by atoms with Crippen molar-refractivity contribution < 1.29 is 9.47 Å². The topological polar surface area (TPSA) is 34.1 Å². The van der Waals surface area contributed by atoms with Crippen LogP contribution in [-0.4, -0.2) is 31.1 Å². The Hall–Kier alpha value is -2.49. The Balaban J connectivity index is 1.90. The molecule has 0 aromatic heterocycles. The van der Waals surface area contributed by atoms with E-state index in [9.17, 15) is 0 Å². The van der Waals surface area contributed by atoms with Crippen LogP contribution in [0.1, 0.15) is 24.2 Å². The molecule has 2 unspecified atom stereocenters. The van der Waals surface area contributed by atoms with E-state index in [0.29, 0.717) is 5.90 Å². The zero-order valence-corrected chi connectivity index (χ0v) is 13.1. The number of hydrogen-bond acceptors (Lipinski definition) is 4. The van der Waals surface area contributed by atoms with Gasteiger partial charge >= 0.3 is 0 Å². The number of methoxy groups -OCH3 is 1. The number of hydrogen-bond donors (Lipinski definition) is 0. The molecule has 114 valence electrons. The third kappa shape index (κ3) is 2.77. The highest BCUT2D eigenvalue weighted by Crippen LogP contribution is 2.30. The SMILES string of the molecule is COc1ccc(C2=NN(C)C(C)C(c3ccccc3)O2)cc1. The molecule has 2 aromatic carbocycles. The molecule has 0 saturated heterocycles. The van der Waals surface area contributed by atoms with Crippen LogP contribution in [0.3, 0.4) is 0 Å². The predicted molar refractivity (Wildman–Crippen MR) is 87.0 cm³/mol. The van der Waals surface area contributed by atoms with Crippen molar-refractivity contribution in [3.63, 3.8) is 0 Å². The van der Waals surface area contributed by atoms with E-state index in [4.69, 9.17) is 9.47 Å². The Morgan fingerprint density at radius 1 is 1.05 bits per heavy atom. The van der Waals surface area contributed by atoms with Gasteiger partial charge in [-0.1, -0.05) is 30.3 Å². The molecular formula is C18H20N2O2. The lowest BCUT2D eigenvalue weighted by Crippen LogP contribution is -2.39. The Morgan fingerprint density at radius 2 is 1.73 bits per heavy atom. The molecule has 0 fully saturated rings. The van der Waals surface area contributed by atoms with Gasteiger partial charge in [0.2, 0.25) is 5.90 Å². The summed E-state index contributed by atoms with van der Waals surface area (Å²) in [5.41, 5.74) is 2.10. The van der Waals surface area contributed by atoms with Crippen molar-refractivity contribution in [2.75, 3.05) is 14.2 Å². The van der Waals surface area contributed by atoms with E-state index in [0.717, 1.165) is 16.9 Å². The van der Waals surface area contributed by atoms with Crippen molar-refractivity contribution in [2.45, 2.75) is 19.1 Å². The first-order valence-electron chi connectivity index (χ1n) is 7.36. The third-order valence-corrected chi connectivity index (χ3v) is 3.98. The van der Waals surface area contributed by atoms with Crippen LogP contribution in [-0.2, 0) is 4.74 Å². The summed E-state index contributed by atoms with van der Waals surface area (Å²) in [5.74, 6) is 1.46. The van der Waals surface area contributed by atoms with Crippen molar-refractivity contribution in [2.24, 2.45) is 5.10 Å². The van der Waals surface area contributed by atoms with Gasteiger partial charge in [-0.3, -0.25) is 5.01 Å². The molecule has 0 bridgehead atoms. The summed E-state index contributed by atoms with van der Waals surface area (Å²) in [6.45, 7) is 2.12. The maximum Gasteiger partial charge on any atom is 0.238 e. The van der Waals surface area contributed by atoms with Gasteiger partial charge in [0.1, 0.15) is 11.9 Å². The lowest BCUT2D eigenvalue weighted by atomic mass is 10.0. The monoisotopic (exact) mass is 296 g/mol. The number of likely N-dealkylation sites (N-methyl/N-ethyl adjacent to an activating group) is 1. The Labute approximate surface area is 131 Å². The molecule has 0 N–H and O–H groups in total. The van der Waals surface area contributed by atoms with Gasteiger partial charge in [0.15, 0.2) is 0 Å². The minimum absolute atomic E-state index is 0.0409. The largest absolute Gasteiger partial charge is 0.497 e. The van der Waals surface area contributed by atoms with Gasteiger partial charge in [-0.25, -0.2) is 0 Å². The highest BCUT2D eigenvalue weighted by molar-refractivity contribution is 5.94. The van der Waals surface area contributed by atoms with Gasteiger partial charge in [-0.15, -0.1) is 5.10 Å². The fourth-order valence-electron chi connectivity index (χ4n) is 2.52. The average molecular weight is 296 g/mol. The van der Waals surface area contributed by atoms with E-state index in [1.54, 1.807) is 7.11 Å². The molecule has 0 aliphatic carbocycles. The Kier molecular flexibility index (Phi) is 4.00. The summed E-state index contributed by atoms with van der Waals surface area (Å²) in [6.07, 6.45) is -0.0409. The van der Waals surface area contributed by atoms with E-state index in [1.165, 1.54) is 0 Å². The highest BCUT2D eigenvalue weighted by Gasteiger charge is 2.30. The molecule has 1 aliphatic heterocycles. The quantitative estimate of drug-likeness (QED) is 0.870. The van der Waals surface area contributed by atoms with Gasteiger partial charge in [-0.05, 0) is 36.8 Å². The number of ether oxygens (including phenoxy) is 2. The van der Waals surface area contributed by atoms with Gasteiger partial charge < -0.3 is 9.47 Å². The van der Waals surface area contributed by atoms with E-state index in [-0.39, 0.29) is 12.1 Å². The smallest absolute Gasteiger partial charge is 0.238 e. The van der Waals surface area contributed by atoms with Crippen LogP contribution < -0.4 is 4.74 Å². The molecule has 2 atom stereocenters. The summed E-state index contributed by atoms with van der Waals surface area (Å²) in [5, 5.41) is 6.51. The van der Waals surface area contributed by atoms with E-state index in [1.807, 2.05) is 54.5 Å². The third-order valence-electron chi connectivity index (χ3n) is 3.98. The van der Waals surface area contributed by atoms with Crippen LogP contribution in [0.4, 0.5) is 0 Å². The molecule has 2 aromatic rings. The van der Waals surface area contributed by atoms with Gasteiger partial charge in [0.05, 0.1) is 13.2 Å². The summed E-state index contributed by atoms with van der Waals surface area (Å²) in [6, 6.07) is 18.2. The number of rotatable bonds is 3. The minimum Gasteiger partial charge on any atom is -0.497 e. The molecular weight excluding hydrogens is 276 g/mol. The van der Waals surface area contributed by atoms with Crippen LogP contribution in [0.2, 0.25) is 0 Å². The first-order valence-corrected chi connectivity index (χ1v) is 7.36. The maximum absolute atomic E-state index is 6.18. The number of hydrazone groups is 1. The van der Waals surface area contributed by atoms with E-state index in [2.05, 4.69) is 24.2 Å². The molecule has 4 nitrogen and oxygen atoms in total. The molecule has 22 heavy (non-hydrogen) atoms. The second-order valence-corrected chi connectivity index (χ2v) is 5.40. The highest BCUT2D eigenvalue weighted by atomic mass is 16.5. The number of benzene rings is 2. The Morgan fingerprint density at radius 3 is 2.36 bits per heavy atom. The molecule has 1 heterocycles. The Bertz CT molecular complexity index is 653. The predicted octanol–water partition coefficient (Wildman–Crippen LogP) is 3.45. The fraction of sp³-hybridized carbons (Fsp3) is 0.278. The first kappa shape index (κ1) is 14.4.